The lowest BCUT2D eigenvalue weighted by molar-refractivity contribution is -0.136. The van der Waals surface area contributed by atoms with Crippen LogP contribution in [-0.2, 0) is 20.9 Å². The van der Waals surface area contributed by atoms with Crippen LogP contribution in [0.5, 0.6) is 28.7 Å². The van der Waals surface area contributed by atoms with Crippen LogP contribution in [0, 0.1) is 0 Å². The maximum Gasteiger partial charge on any atom is 0.408 e. The smallest absolute Gasteiger partial charge is 0.408 e. The van der Waals surface area contributed by atoms with E-state index in [1.54, 1.807) is 29.2 Å². The average molecular weight is 641 g/mol. The van der Waals surface area contributed by atoms with Gasteiger partial charge in [-0.1, -0.05) is 66.7 Å². The Morgan fingerprint density at radius 3 is 1.96 bits per heavy atom. The molecule has 11 heteroatoms. The largest absolute Gasteiger partial charge is 0.493 e. The van der Waals surface area contributed by atoms with Gasteiger partial charge >= 0.3 is 12.1 Å². The summed E-state index contributed by atoms with van der Waals surface area (Å²) in [4.78, 5) is 41.0. The molecule has 4 aromatic carbocycles. The number of hydrogen-bond acceptors (Lipinski definition) is 9. The van der Waals surface area contributed by atoms with E-state index in [4.69, 9.17) is 28.4 Å². The van der Waals surface area contributed by atoms with Gasteiger partial charge in [-0.05, 0) is 35.7 Å². The molecule has 4 aromatic rings. The summed E-state index contributed by atoms with van der Waals surface area (Å²) < 4.78 is 33.0. The Morgan fingerprint density at radius 1 is 0.745 bits per heavy atom. The SMILES string of the molecule is COc1ccc([C@H]2[C@H](c3ccccc3)C(=O)N2c2cc(OC)c(OC)c(OC)c2)cc1OC(=O)[C@H](C)NC(=O)OCc1ccccc1. The number of rotatable bonds is 12. The molecule has 1 fully saturated rings. The van der Waals surface area contributed by atoms with E-state index in [0.29, 0.717) is 34.2 Å². The van der Waals surface area contributed by atoms with E-state index in [9.17, 15) is 14.4 Å². The third-order valence-corrected chi connectivity index (χ3v) is 7.82. The van der Waals surface area contributed by atoms with Crippen LogP contribution >= 0.6 is 0 Å². The predicted octanol–water partition coefficient (Wildman–Crippen LogP) is 5.81. The van der Waals surface area contributed by atoms with Crippen LogP contribution < -0.4 is 33.9 Å². The van der Waals surface area contributed by atoms with Gasteiger partial charge in [0.15, 0.2) is 23.0 Å². The van der Waals surface area contributed by atoms with Crippen molar-refractivity contribution in [2.75, 3.05) is 33.3 Å². The quantitative estimate of drug-likeness (QED) is 0.116. The number of ether oxygens (including phenoxy) is 6. The normalized spacial score (nSPS) is 15.9. The van der Waals surface area contributed by atoms with Crippen LogP contribution in [0.25, 0.3) is 0 Å². The molecule has 0 aromatic heterocycles. The molecule has 2 amide bonds. The lowest BCUT2D eigenvalue weighted by Gasteiger charge is -2.48. The Bertz CT molecular complexity index is 1700. The minimum absolute atomic E-state index is 0.0510. The minimum Gasteiger partial charge on any atom is -0.493 e. The second-order valence-corrected chi connectivity index (χ2v) is 10.7. The number of benzene rings is 4. The molecule has 3 atom stereocenters. The second-order valence-electron chi connectivity index (χ2n) is 10.7. The van der Waals surface area contributed by atoms with Crippen molar-refractivity contribution in [3.63, 3.8) is 0 Å². The van der Waals surface area contributed by atoms with Gasteiger partial charge in [0, 0.05) is 12.1 Å². The number of hydrogen-bond donors (Lipinski definition) is 1. The predicted molar refractivity (Wildman–Crippen MR) is 173 cm³/mol. The zero-order valence-electron chi connectivity index (χ0n) is 26.7. The molecule has 0 unspecified atom stereocenters. The molecule has 1 aliphatic heterocycles. The minimum atomic E-state index is -1.04. The van der Waals surface area contributed by atoms with Crippen molar-refractivity contribution in [3.05, 3.63) is 108 Å². The standard InChI is InChI=1S/C36H36N2O9/c1-22(37-36(41)46-21-23-12-8-6-9-13-23)35(40)47-28-18-25(16-17-27(28)42-2)32-31(24-14-10-7-11-15-24)34(39)38(32)26-19-29(43-3)33(45-5)30(20-26)44-4/h6-20,22,31-32H,21H2,1-5H3,(H,37,41)/t22-,31-,32-/m0/s1. The topological polar surface area (TPSA) is 122 Å². The molecule has 1 saturated heterocycles. The Labute approximate surface area is 272 Å². The zero-order chi connectivity index (χ0) is 33.5. The van der Waals surface area contributed by atoms with Crippen LogP contribution in [0.1, 0.15) is 35.6 Å². The van der Waals surface area contributed by atoms with Crippen molar-refractivity contribution < 1.29 is 42.8 Å². The lowest BCUT2D eigenvalue weighted by atomic mass is 9.77. The van der Waals surface area contributed by atoms with Crippen molar-refractivity contribution in [1.82, 2.24) is 5.32 Å². The number of amides is 2. The van der Waals surface area contributed by atoms with E-state index in [1.807, 2.05) is 66.7 Å². The molecule has 1 aliphatic rings. The first-order chi connectivity index (χ1) is 22.8. The first-order valence-corrected chi connectivity index (χ1v) is 14.8. The van der Waals surface area contributed by atoms with E-state index >= 15 is 0 Å². The molecule has 11 nitrogen and oxygen atoms in total. The molecule has 47 heavy (non-hydrogen) atoms. The monoisotopic (exact) mass is 640 g/mol. The van der Waals surface area contributed by atoms with Crippen LogP contribution in [0.2, 0.25) is 0 Å². The number of methoxy groups -OCH3 is 4. The highest BCUT2D eigenvalue weighted by Crippen LogP contribution is 2.52. The highest BCUT2D eigenvalue weighted by Gasteiger charge is 2.50. The van der Waals surface area contributed by atoms with Crippen molar-refractivity contribution in [1.29, 1.82) is 0 Å². The lowest BCUT2D eigenvalue weighted by Crippen LogP contribution is -2.53. The van der Waals surface area contributed by atoms with Crippen molar-refractivity contribution in [2.24, 2.45) is 0 Å². The van der Waals surface area contributed by atoms with Crippen molar-refractivity contribution >= 4 is 23.7 Å². The number of alkyl carbamates (subject to hydrolysis) is 1. The van der Waals surface area contributed by atoms with E-state index in [-0.39, 0.29) is 18.3 Å². The molecule has 5 rings (SSSR count). The number of nitrogens with one attached hydrogen (secondary N) is 1. The fourth-order valence-electron chi connectivity index (χ4n) is 5.46. The van der Waals surface area contributed by atoms with Crippen molar-refractivity contribution in [3.8, 4) is 28.7 Å². The molecular weight excluding hydrogens is 604 g/mol. The molecular formula is C36H36N2O9. The van der Waals surface area contributed by atoms with Crippen LogP contribution in [0.15, 0.2) is 91.0 Å². The summed E-state index contributed by atoms with van der Waals surface area (Å²) in [5.74, 6) is 0.189. The van der Waals surface area contributed by atoms with Crippen molar-refractivity contribution in [2.45, 2.75) is 31.5 Å². The van der Waals surface area contributed by atoms with Gasteiger partial charge in [-0.15, -0.1) is 0 Å². The summed E-state index contributed by atoms with van der Waals surface area (Å²) in [6, 6.07) is 25.7. The molecule has 0 bridgehead atoms. The molecule has 244 valence electrons. The fraction of sp³-hybridized carbons (Fsp3) is 0.250. The molecule has 0 saturated carbocycles. The second kappa shape index (κ2) is 14.6. The highest BCUT2D eigenvalue weighted by atomic mass is 16.6. The number of nitrogens with zero attached hydrogens (tertiary/aromatic N) is 1. The van der Waals surface area contributed by atoms with Crippen LogP contribution in [0.4, 0.5) is 10.5 Å². The van der Waals surface area contributed by atoms with Crippen LogP contribution in [0.3, 0.4) is 0 Å². The molecule has 1 N–H and O–H groups in total. The number of carbonyl (C=O) groups excluding carboxylic acids is 3. The van der Waals surface area contributed by atoms with Gasteiger partial charge in [0.1, 0.15) is 12.6 Å². The molecule has 0 radical (unpaired) electrons. The summed E-state index contributed by atoms with van der Waals surface area (Å²) in [5.41, 5.74) is 2.84. The number of carbonyl (C=O) groups is 3. The maximum atomic E-state index is 13.9. The Kier molecular flexibility index (Phi) is 10.1. The Balaban J connectivity index is 1.43. The Morgan fingerprint density at radius 2 is 1.36 bits per heavy atom. The summed E-state index contributed by atoms with van der Waals surface area (Å²) >= 11 is 0. The van der Waals surface area contributed by atoms with E-state index < -0.39 is 30.1 Å². The highest BCUT2D eigenvalue weighted by molar-refractivity contribution is 6.07. The van der Waals surface area contributed by atoms with E-state index in [2.05, 4.69) is 5.32 Å². The zero-order valence-corrected chi connectivity index (χ0v) is 26.7. The van der Waals surface area contributed by atoms with Gasteiger partial charge in [0.25, 0.3) is 0 Å². The molecule has 1 heterocycles. The van der Waals surface area contributed by atoms with E-state index in [1.165, 1.54) is 35.4 Å². The van der Waals surface area contributed by atoms with E-state index in [0.717, 1.165) is 11.1 Å². The summed E-state index contributed by atoms with van der Waals surface area (Å²) in [6.07, 6.45) is -0.765. The van der Waals surface area contributed by atoms with Gasteiger partial charge in [-0.2, -0.15) is 0 Å². The number of β-lactam (4-membered cyclic amide) rings is 1. The number of anilines is 1. The third kappa shape index (κ3) is 6.94. The van der Waals surface area contributed by atoms with Gasteiger partial charge in [0.05, 0.1) is 46.1 Å². The third-order valence-electron chi connectivity index (χ3n) is 7.82. The summed E-state index contributed by atoms with van der Waals surface area (Å²) in [6.45, 7) is 1.54. The van der Waals surface area contributed by atoms with Gasteiger partial charge in [0.2, 0.25) is 11.7 Å². The molecule has 0 aliphatic carbocycles. The first-order valence-electron chi connectivity index (χ1n) is 14.8. The van der Waals surface area contributed by atoms with Gasteiger partial charge < -0.3 is 38.6 Å². The average Bonchev–Trinajstić information content (AvgIpc) is 3.10. The van der Waals surface area contributed by atoms with Gasteiger partial charge in [-0.25, -0.2) is 9.59 Å². The fourth-order valence-corrected chi connectivity index (χ4v) is 5.46. The Hall–Kier alpha value is -5.71. The first kappa shape index (κ1) is 32.7. The molecule has 0 spiro atoms. The summed E-state index contributed by atoms with van der Waals surface area (Å²) in [5, 5.41) is 2.50. The van der Waals surface area contributed by atoms with Crippen LogP contribution in [-0.4, -0.2) is 52.5 Å². The maximum absolute atomic E-state index is 13.9. The van der Waals surface area contributed by atoms with Gasteiger partial charge in [-0.3, -0.25) is 4.79 Å². The number of esters is 1. The summed E-state index contributed by atoms with van der Waals surface area (Å²) in [7, 11) is 5.97.